The summed E-state index contributed by atoms with van der Waals surface area (Å²) in [7, 11) is 0. The molecule has 3 atom stereocenters. The van der Waals surface area contributed by atoms with Crippen LogP contribution in [0, 0.1) is 5.92 Å². The third-order valence-corrected chi connectivity index (χ3v) is 8.17. The number of allylic oxidation sites excluding steroid dienone is 1. The molecular weight excluding hydrogens is 430 g/mol. The maximum Gasteiger partial charge on any atom is 0.255 e. The summed E-state index contributed by atoms with van der Waals surface area (Å²) < 4.78 is 12.6. The fraction of sp³-hybridized carbons (Fsp3) is 0.630. The largest absolute Gasteiger partial charge is 0.489 e. The van der Waals surface area contributed by atoms with Crippen molar-refractivity contribution in [3.05, 3.63) is 41.6 Å². The molecule has 2 amide bonds. The van der Waals surface area contributed by atoms with Crippen LogP contribution in [0.2, 0.25) is 0 Å². The van der Waals surface area contributed by atoms with E-state index in [4.69, 9.17) is 9.47 Å². The molecule has 3 heterocycles. The molecule has 6 rings (SSSR count). The van der Waals surface area contributed by atoms with E-state index in [2.05, 4.69) is 16.8 Å². The van der Waals surface area contributed by atoms with Gasteiger partial charge in [0, 0.05) is 43.5 Å². The molecule has 2 aliphatic carbocycles. The fourth-order valence-electron chi connectivity index (χ4n) is 5.91. The minimum atomic E-state index is -0.431. The van der Waals surface area contributed by atoms with Crippen LogP contribution in [0.1, 0.15) is 67.3 Å². The van der Waals surface area contributed by atoms with Gasteiger partial charge in [-0.25, -0.2) is 0 Å². The van der Waals surface area contributed by atoms with Crippen molar-refractivity contribution in [3.8, 4) is 5.75 Å². The number of carbonyl (C=O) groups is 2. The third kappa shape index (κ3) is 4.36. The molecule has 3 aliphatic heterocycles. The van der Waals surface area contributed by atoms with Crippen LogP contribution in [-0.4, -0.2) is 65.6 Å². The van der Waals surface area contributed by atoms with Crippen molar-refractivity contribution < 1.29 is 19.1 Å². The van der Waals surface area contributed by atoms with Crippen molar-refractivity contribution in [1.29, 1.82) is 0 Å². The predicted molar refractivity (Wildman–Crippen MR) is 127 cm³/mol. The molecule has 0 spiro atoms. The molecule has 7 heteroatoms. The van der Waals surface area contributed by atoms with E-state index >= 15 is 0 Å². The minimum absolute atomic E-state index is 0.0671. The number of fused-ring (bicyclic) bond motifs is 1. The Bertz CT molecular complexity index is 984. The lowest BCUT2D eigenvalue weighted by Crippen LogP contribution is -2.61. The van der Waals surface area contributed by atoms with E-state index in [0.717, 1.165) is 49.0 Å². The number of carbonyl (C=O) groups excluding carboxylic acids is 2. The highest BCUT2D eigenvalue weighted by Crippen LogP contribution is 2.35. The van der Waals surface area contributed by atoms with Crippen molar-refractivity contribution in [3.63, 3.8) is 0 Å². The Hall–Kier alpha value is -2.38. The molecule has 0 radical (unpaired) electrons. The second-order valence-corrected chi connectivity index (χ2v) is 10.8. The maximum atomic E-state index is 13.0. The van der Waals surface area contributed by atoms with E-state index in [-0.39, 0.29) is 17.9 Å². The van der Waals surface area contributed by atoms with Gasteiger partial charge in [0.25, 0.3) is 5.91 Å². The van der Waals surface area contributed by atoms with Gasteiger partial charge in [-0.05, 0) is 74.6 Å². The highest BCUT2D eigenvalue weighted by molar-refractivity contribution is 6.01. The molecule has 4 fully saturated rings. The van der Waals surface area contributed by atoms with E-state index in [1.807, 2.05) is 18.2 Å². The second-order valence-electron chi connectivity index (χ2n) is 10.8. The van der Waals surface area contributed by atoms with Crippen LogP contribution < -0.4 is 10.1 Å². The highest BCUT2D eigenvalue weighted by atomic mass is 16.5. The Kier molecular flexibility index (Phi) is 5.86. The number of piperidine rings is 1. The zero-order valence-corrected chi connectivity index (χ0v) is 19.8. The molecule has 182 valence electrons. The molecule has 2 saturated carbocycles. The smallest absolute Gasteiger partial charge is 0.255 e. The molecule has 1 aromatic carbocycles. The van der Waals surface area contributed by atoms with Gasteiger partial charge in [0.05, 0.1) is 6.10 Å². The first-order valence-corrected chi connectivity index (χ1v) is 13.0. The lowest BCUT2D eigenvalue weighted by Gasteiger charge is -2.48. The fourth-order valence-corrected chi connectivity index (χ4v) is 5.91. The Balaban J connectivity index is 1.09. The molecule has 0 aromatic heterocycles. The van der Waals surface area contributed by atoms with Crippen LogP contribution in [-0.2, 0) is 16.1 Å². The van der Waals surface area contributed by atoms with Gasteiger partial charge in [-0.3, -0.25) is 14.5 Å². The zero-order chi connectivity index (χ0) is 23.2. The van der Waals surface area contributed by atoms with Gasteiger partial charge < -0.3 is 19.7 Å². The van der Waals surface area contributed by atoms with Crippen molar-refractivity contribution >= 4 is 11.8 Å². The van der Waals surface area contributed by atoms with Crippen LogP contribution in [0.3, 0.4) is 0 Å². The van der Waals surface area contributed by atoms with Gasteiger partial charge in [-0.2, -0.15) is 0 Å². The summed E-state index contributed by atoms with van der Waals surface area (Å²) in [6.45, 7) is 7.26. The standard InChI is InChI=1S/C27H35N3O4/c1-17-6-11-24(26(31)28-17)30-13-19-12-20(9-10-22(19)27(30)32)34-25-5-3-2-4-23(25)29-14-21(15-29)33-16-18-7-8-18/h9-10,12,18,21,23-25H,1-8,11,13-16H2,(H,28,31)/t23-,24?,25-/m1/s1. The quantitative estimate of drug-likeness (QED) is 0.670. The summed E-state index contributed by atoms with van der Waals surface area (Å²) in [5.74, 6) is 1.44. The van der Waals surface area contributed by atoms with E-state index in [9.17, 15) is 9.59 Å². The lowest BCUT2D eigenvalue weighted by molar-refractivity contribution is -0.126. The number of likely N-dealkylation sites (tertiary alicyclic amines) is 1. The maximum absolute atomic E-state index is 13.0. The minimum Gasteiger partial charge on any atom is -0.489 e. The van der Waals surface area contributed by atoms with Gasteiger partial charge in [0.1, 0.15) is 17.9 Å². The van der Waals surface area contributed by atoms with Crippen molar-refractivity contribution in [2.45, 2.75) is 82.2 Å². The van der Waals surface area contributed by atoms with Gasteiger partial charge in [0.15, 0.2) is 0 Å². The Morgan fingerprint density at radius 2 is 1.88 bits per heavy atom. The number of amides is 2. The molecule has 0 bridgehead atoms. The van der Waals surface area contributed by atoms with Crippen LogP contribution in [0.25, 0.3) is 0 Å². The van der Waals surface area contributed by atoms with Gasteiger partial charge in [-0.15, -0.1) is 0 Å². The monoisotopic (exact) mass is 465 g/mol. The van der Waals surface area contributed by atoms with Crippen LogP contribution >= 0.6 is 0 Å². The summed E-state index contributed by atoms with van der Waals surface area (Å²) in [4.78, 5) is 29.7. The van der Waals surface area contributed by atoms with Crippen LogP contribution in [0.5, 0.6) is 5.75 Å². The average molecular weight is 466 g/mol. The van der Waals surface area contributed by atoms with Crippen LogP contribution in [0.4, 0.5) is 0 Å². The number of nitrogens with zero attached hydrogens (tertiary/aromatic N) is 2. The van der Waals surface area contributed by atoms with Crippen molar-refractivity contribution in [1.82, 2.24) is 15.1 Å². The summed E-state index contributed by atoms with van der Waals surface area (Å²) >= 11 is 0. The first-order valence-electron chi connectivity index (χ1n) is 13.0. The van der Waals surface area contributed by atoms with Gasteiger partial charge in [-0.1, -0.05) is 13.0 Å². The van der Waals surface area contributed by atoms with E-state index in [1.165, 1.54) is 32.1 Å². The molecule has 7 nitrogen and oxygen atoms in total. The second kappa shape index (κ2) is 9.00. The van der Waals surface area contributed by atoms with Crippen molar-refractivity contribution in [2.24, 2.45) is 5.92 Å². The Morgan fingerprint density at radius 3 is 2.68 bits per heavy atom. The molecule has 1 unspecified atom stereocenters. The Morgan fingerprint density at radius 1 is 1.06 bits per heavy atom. The number of benzene rings is 1. The van der Waals surface area contributed by atoms with Gasteiger partial charge in [0.2, 0.25) is 5.91 Å². The third-order valence-electron chi connectivity index (χ3n) is 8.17. The number of rotatable bonds is 7. The predicted octanol–water partition coefficient (Wildman–Crippen LogP) is 3.24. The highest BCUT2D eigenvalue weighted by Gasteiger charge is 2.41. The molecular formula is C27H35N3O4. The average Bonchev–Trinajstić information content (AvgIpc) is 3.57. The molecule has 1 N–H and O–H groups in total. The summed E-state index contributed by atoms with van der Waals surface area (Å²) in [6.07, 6.45) is 9.21. The molecule has 1 aromatic rings. The SMILES string of the molecule is C=C1CCC(N2Cc3cc(O[C@@H]4CCCC[C@H]4N4CC(OCC5CC5)C4)ccc3C2=O)C(=O)N1. The first-order chi connectivity index (χ1) is 16.5. The van der Waals surface area contributed by atoms with Crippen LogP contribution in [0.15, 0.2) is 30.5 Å². The lowest BCUT2D eigenvalue weighted by atomic mass is 9.89. The Labute approximate surface area is 201 Å². The van der Waals surface area contributed by atoms with Crippen molar-refractivity contribution in [2.75, 3.05) is 19.7 Å². The molecule has 2 saturated heterocycles. The topological polar surface area (TPSA) is 71.1 Å². The summed E-state index contributed by atoms with van der Waals surface area (Å²) in [6, 6.07) is 5.80. The molecule has 34 heavy (non-hydrogen) atoms. The molecule has 5 aliphatic rings. The number of hydrogen-bond acceptors (Lipinski definition) is 5. The summed E-state index contributed by atoms with van der Waals surface area (Å²) in [5.41, 5.74) is 2.36. The van der Waals surface area contributed by atoms with E-state index in [1.54, 1.807) is 4.90 Å². The first kappa shape index (κ1) is 22.1. The van der Waals surface area contributed by atoms with Gasteiger partial charge >= 0.3 is 0 Å². The zero-order valence-electron chi connectivity index (χ0n) is 19.8. The van der Waals surface area contributed by atoms with E-state index in [0.29, 0.717) is 37.1 Å². The number of nitrogens with one attached hydrogen (secondary N) is 1. The number of hydrogen-bond donors (Lipinski definition) is 1. The number of ether oxygens (including phenoxy) is 2. The summed E-state index contributed by atoms with van der Waals surface area (Å²) in [5, 5.41) is 2.80. The normalized spacial score (nSPS) is 30.2. The van der Waals surface area contributed by atoms with E-state index < -0.39 is 6.04 Å².